The van der Waals surface area contributed by atoms with Gasteiger partial charge in [-0.1, -0.05) is 174 Å². The second-order valence-corrected chi connectivity index (χ2v) is 17.1. The molecule has 0 fully saturated rings. The molecular formula is C41H82NO8P. The first-order chi connectivity index (χ1) is 24.5. The fourth-order valence-electron chi connectivity index (χ4n) is 6.01. The lowest BCUT2D eigenvalue weighted by molar-refractivity contribution is -0.870. The van der Waals surface area contributed by atoms with E-state index >= 15 is 0 Å². The molecule has 304 valence electrons. The maximum atomic E-state index is 12.6. The molecule has 0 aromatic heterocycles. The third kappa shape index (κ3) is 38.5. The van der Waals surface area contributed by atoms with Gasteiger partial charge in [0.1, 0.15) is 19.8 Å². The van der Waals surface area contributed by atoms with Crippen LogP contribution >= 0.6 is 7.82 Å². The van der Waals surface area contributed by atoms with Gasteiger partial charge in [-0.25, -0.2) is 0 Å². The average Bonchev–Trinajstić information content (AvgIpc) is 3.07. The highest BCUT2D eigenvalue weighted by Gasteiger charge is 2.21. The Morgan fingerprint density at radius 1 is 0.529 bits per heavy atom. The van der Waals surface area contributed by atoms with Gasteiger partial charge in [0.05, 0.1) is 27.7 Å². The quantitative estimate of drug-likeness (QED) is 0.0264. The van der Waals surface area contributed by atoms with Crippen molar-refractivity contribution < 1.29 is 42.1 Å². The molecule has 0 aromatic rings. The highest BCUT2D eigenvalue weighted by atomic mass is 31.2. The summed E-state index contributed by atoms with van der Waals surface area (Å²) in [5.74, 6) is -0.830. The van der Waals surface area contributed by atoms with Crippen molar-refractivity contribution in [2.75, 3.05) is 47.5 Å². The number of phosphoric acid groups is 1. The molecule has 0 heterocycles. The third-order valence-electron chi connectivity index (χ3n) is 9.38. The van der Waals surface area contributed by atoms with E-state index in [4.69, 9.17) is 18.5 Å². The van der Waals surface area contributed by atoms with E-state index in [0.29, 0.717) is 17.4 Å². The Bertz CT molecular complexity index is 850. The van der Waals surface area contributed by atoms with E-state index in [1.54, 1.807) is 0 Å². The van der Waals surface area contributed by atoms with Crippen LogP contribution in [0.15, 0.2) is 0 Å². The molecule has 51 heavy (non-hydrogen) atoms. The summed E-state index contributed by atoms with van der Waals surface area (Å²) in [5, 5.41) is 0. The van der Waals surface area contributed by atoms with E-state index in [1.807, 2.05) is 21.1 Å². The molecule has 0 aliphatic heterocycles. The highest BCUT2D eigenvalue weighted by molar-refractivity contribution is 7.45. The Morgan fingerprint density at radius 2 is 0.882 bits per heavy atom. The maximum Gasteiger partial charge on any atom is 0.306 e. The number of unbranched alkanes of at least 4 members (excludes halogenated alkanes) is 25. The monoisotopic (exact) mass is 748 g/mol. The molecule has 0 amide bonds. The van der Waals surface area contributed by atoms with Gasteiger partial charge in [0.25, 0.3) is 7.82 Å². The van der Waals surface area contributed by atoms with Crippen LogP contribution in [0.4, 0.5) is 0 Å². The Balaban J connectivity index is 4.18. The zero-order chi connectivity index (χ0) is 37.9. The molecule has 0 rings (SSSR count). The number of likely N-dealkylation sites (N-methyl/N-ethyl adjacent to an activating group) is 1. The van der Waals surface area contributed by atoms with Crippen LogP contribution in [-0.4, -0.2) is 70.0 Å². The van der Waals surface area contributed by atoms with Crippen LogP contribution in [0.2, 0.25) is 0 Å². The fourth-order valence-corrected chi connectivity index (χ4v) is 6.74. The Morgan fingerprint density at radius 3 is 1.25 bits per heavy atom. The number of ether oxygens (including phenoxy) is 2. The first kappa shape index (κ1) is 50.0. The SMILES string of the molecule is CCCCCCCCCCCCCCCCCCCCCCC(=O)OC(COC(=O)CCCCCCCCC)COP(=O)([O-])OCC[N+](C)(C)C. The predicted octanol–water partition coefficient (Wildman–Crippen LogP) is 11.0. The lowest BCUT2D eigenvalue weighted by Crippen LogP contribution is -2.37. The number of carbonyl (C=O) groups is 2. The van der Waals surface area contributed by atoms with Crippen molar-refractivity contribution in [2.45, 2.75) is 206 Å². The Kier molecular flexibility index (Phi) is 34.1. The third-order valence-corrected chi connectivity index (χ3v) is 10.3. The van der Waals surface area contributed by atoms with Crippen LogP contribution in [0.25, 0.3) is 0 Å². The predicted molar refractivity (Wildman–Crippen MR) is 208 cm³/mol. The molecule has 0 radical (unpaired) electrons. The summed E-state index contributed by atoms with van der Waals surface area (Å²) in [4.78, 5) is 37.3. The number of carbonyl (C=O) groups excluding carboxylic acids is 2. The molecule has 2 atom stereocenters. The number of hydrogen-bond acceptors (Lipinski definition) is 8. The molecule has 0 bridgehead atoms. The molecule has 0 saturated carbocycles. The van der Waals surface area contributed by atoms with E-state index in [-0.39, 0.29) is 32.0 Å². The number of hydrogen-bond donors (Lipinski definition) is 0. The van der Waals surface area contributed by atoms with Crippen molar-refractivity contribution in [1.82, 2.24) is 0 Å². The van der Waals surface area contributed by atoms with Crippen molar-refractivity contribution in [3.63, 3.8) is 0 Å². The minimum Gasteiger partial charge on any atom is -0.756 e. The standard InChI is InChI=1S/C41H82NO8P/c1-6-8-10-12-14-15-16-17-18-19-20-21-22-23-24-25-26-28-30-32-34-41(44)50-39(38-49-51(45,46)48-36-35-42(3,4)5)37-47-40(43)33-31-29-27-13-11-9-7-2/h39H,6-38H2,1-5H3. The molecule has 0 N–H and O–H groups in total. The van der Waals surface area contributed by atoms with Gasteiger partial charge in [-0.3, -0.25) is 14.2 Å². The molecule has 0 aliphatic rings. The van der Waals surface area contributed by atoms with Crippen LogP contribution < -0.4 is 4.89 Å². The van der Waals surface area contributed by atoms with Gasteiger partial charge in [0.2, 0.25) is 0 Å². The summed E-state index contributed by atoms with van der Waals surface area (Å²) in [5.41, 5.74) is 0. The zero-order valence-electron chi connectivity index (χ0n) is 34.1. The lowest BCUT2D eigenvalue weighted by Gasteiger charge is -2.28. The number of nitrogens with zero attached hydrogens (tertiary/aromatic N) is 1. The molecule has 9 nitrogen and oxygen atoms in total. The minimum absolute atomic E-state index is 0.0262. The first-order valence-electron chi connectivity index (χ1n) is 21.2. The summed E-state index contributed by atoms with van der Waals surface area (Å²) in [7, 11) is 1.18. The smallest absolute Gasteiger partial charge is 0.306 e. The molecule has 0 aliphatic carbocycles. The molecule has 0 spiro atoms. The van der Waals surface area contributed by atoms with Crippen molar-refractivity contribution in [2.24, 2.45) is 0 Å². The Hall–Kier alpha value is -0.990. The zero-order valence-corrected chi connectivity index (χ0v) is 35.0. The fraction of sp³-hybridized carbons (Fsp3) is 0.951. The number of rotatable bonds is 39. The first-order valence-corrected chi connectivity index (χ1v) is 22.7. The number of phosphoric ester groups is 1. The van der Waals surface area contributed by atoms with Crippen LogP contribution in [0.5, 0.6) is 0 Å². The summed E-state index contributed by atoms with van der Waals surface area (Å²) in [6.45, 7) is 4.20. The second kappa shape index (κ2) is 34.8. The van der Waals surface area contributed by atoms with Crippen LogP contribution in [0.1, 0.15) is 200 Å². The molecule has 0 aromatic carbocycles. The summed E-state index contributed by atoms with van der Waals surface area (Å²) in [6, 6.07) is 0. The van der Waals surface area contributed by atoms with Gasteiger partial charge >= 0.3 is 11.9 Å². The van der Waals surface area contributed by atoms with E-state index in [1.165, 1.54) is 135 Å². The normalized spacial score (nSPS) is 13.6. The van der Waals surface area contributed by atoms with Gasteiger partial charge in [-0.05, 0) is 12.8 Å². The van der Waals surface area contributed by atoms with E-state index in [0.717, 1.165) is 32.1 Å². The van der Waals surface area contributed by atoms with Crippen LogP contribution in [0.3, 0.4) is 0 Å². The van der Waals surface area contributed by atoms with Crippen LogP contribution in [0, 0.1) is 0 Å². The van der Waals surface area contributed by atoms with E-state index < -0.39 is 26.5 Å². The second-order valence-electron chi connectivity index (χ2n) is 15.7. The molecule has 2 unspecified atom stereocenters. The van der Waals surface area contributed by atoms with Gasteiger partial charge in [0, 0.05) is 12.8 Å². The number of quaternary nitrogens is 1. The van der Waals surface area contributed by atoms with Crippen molar-refractivity contribution in [3.8, 4) is 0 Å². The number of esters is 2. The Labute approximate surface area is 314 Å². The molecule has 0 saturated heterocycles. The van der Waals surface area contributed by atoms with Crippen molar-refractivity contribution in [3.05, 3.63) is 0 Å². The van der Waals surface area contributed by atoms with Crippen molar-refractivity contribution >= 4 is 19.8 Å². The summed E-state index contributed by atoms with van der Waals surface area (Å²) >= 11 is 0. The topological polar surface area (TPSA) is 111 Å². The van der Waals surface area contributed by atoms with Gasteiger partial charge in [-0.2, -0.15) is 0 Å². The van der Waals surface area contributed by atoms with E-state index in [9.17, 15) is 19.0 Å². The molecular weight excluding hydrogens is 665 g/mol. The van der Waals surface area contributed by atoms with Gasteiger partial charge < -0.3 is 27.9 Å². The lowest BCUT2D eigenvalue weighted by atomic mass is 10.0. The van der Waals surface area contributed by atoms with Crippen LogP contribution in [-0.2, 0) is 32.7 Å². The molecule has 10 heteroatoms. The average molecular weight is 748 g/mol. The van der Waals surface area contributed by atoms with Gasteiger partial charge in [0.15, 0.2) is 6.10 Å². The summed E-state index contributed by atoms with van der Waals surface area (Å²) < 4.78 is 33.7. The largest absolute Gasteiger partial charge is 0.756 e. The highest BCUT2D eigenvalue weighted by Crippen LogP contribution is 2.38. The maximum absolute atomic E-state index is 12.6. The van der Waals surface area contributed by atoms with Gasteiger partial charge in [-0.15, -0.1) is 0 Å². The van der Waals surface area contributed by atoms with E-state index in [2.05, 4.69) is 13.8 Å². The summed E-state index contributed by atoms with van der Waals surface area (Å²) in [6.07, 6.45) is 32.9. The van der Waals surface area contributed by atoms with Crippen molar-refractivity contribution in [1.29, 1.82) is 0 Å². The minimum atomic E-state index is -4.61.